The summed E-state index contributed by atoms with van der Waals surface area (Å²) in [6, 6.07) is 3.67. The smallest absolute Gasteiger partial charge is 0.251 e. The van der Waals surface area contributed by atoms with Gasteiger partial charge in [-0.25, -0.2) is 0 Å². The lowest BCUT2D eigenvalue weighted by Crippen LogP contribution is -2.51. The fourth-order valence-corrected chi connectivity index (χ4v) is 4.52. The number of rotatable bonds is 5. The highest BCUT2D eigenvalue weighted by Crippen LogP contribution is 2.39. The maximum absolute atomic E-state index is 12.9. The number of benzene rings is 1. The number of fused-ring (bicyclic) bond motifs is 1. The molecule has 2 fully saturated rings. The molecule has 3 rings (SSSR count). The number of hydrogen-bond acceptors (Lipinski definition) is 5. The molecule has 1 saturated heterocycles. The highest BCUT2D eigenvalue weighted by molar-refractivity contribution is 5.95. The zero-order valence-electron chi connectivity index (χ0n) is 16.2. The molecule has 6 heteroatoms. The largest absolute Gasteiger partial charge is 0.493 e. The third kappa shape index (κ3) is 3.75. The number of methoxy groups -OCH3 is 3. The Morgan fingerprint density at radius 3 is 2.38 bits per heavy atom. The van der Waals surface area contributed by atoms with Crippen molar-refractivity contribution in [3.05, 3.63) is 17.7 Å². The molecule has 3 atom stereocenters. The van der Waals surface area contributed by atoms with Crippen LogP contribution in [-0.2, 0) is 0 Å². The first-order chi connectivity index (χ1) is 12.6. The molecule has 144 valence electrons. The summed E-state index contributed by atoms with van der Waals surface area (Å²) in [6.07, 6.45) is 4.66. The van der Waals surface area contributed by atoms with E-state index in [0.29, 0.717) is 34.6 Å². The van der Waals surface area contributed by atoms with Crippen LogP contribution < -0.4 is 19.5 Å². The Labute approximate surface area is 155 Å². The lowest BCUT2D eigenvalue weighted by atomic mass is 9.72. The van der Waals surface area contributed by atoms with Gasteiger partial charge >= 0.3 is 0 Å². The van der Waals surface area contributed by atoms with Crippen LogP contribution in [0.25, 0.3) is 0 Å². The molecule has 1 aliphatic carbocycles. The van der Waals surface area contributed by atoms with Gasteiger partial charge in [0.05, 0.1) is 21.3 Å². The van der Waals surface area contributed by atoms with Crippen LogP contribution in [0.4, 0.5) is 0 Å². The van der Waals surface area contributed by atoms with Gasteiger partial charge in [0.25, 0.3) is 5.91 Å². The number of carbonyl (C=O) groups is 1. The van der Waals surface area contributed by atoms with Crippen molar-refractivity contribution in [3.63, 3.8) is 0 Å². The van der Waals surface area contributed by atoms with E-state index in [0.717, 1.165) is 25.9 Å². The van der Waals surface area contributed by atoms with E-state index in [2.05, 4.69) is 17.3 Å². The van der Waals surface area contributed by atoms with Gasteiger partial charge in [0.1, 0.15) is 0 Å². The SMILES string of the molecule is COc1cc(C(=O)NC2CCC[C@H]3CN(C)CC[C@H]23)cc(OC)c1OC. The first-order valence-electron chi connectivity index (χ1n) is 9.36. The van der Waals surface area contributed by atoms with E-state index in [-0.39, 0.29) is 11.9 Å². The molecule has 1 N–H and O–H groups in total. The first kappa shape index (κ1) is 18.8. The van der Waals surface area contributed by atoms with Crippen molar-refractivity contribution in [1.29, 1.82) is 0 Å². The molecule has 0 aromatic heterocycles. The van der Waals surface area contributed by atoms with Gasteiger partial charge in [0, 0.05) is 18.2 Å². The zero-order chi connectivity index (χ0) is 18.7. The standard InChI is InChI=1S/C20H30N2O4/c1-22-9-8-15-13(12-22)6-5-7-16(15)21-20(23)14-10-17(24-2)19(26-4)18(11-14)25-3/h10-11,13,15-16H,5-9,12H2,1-4H3,(H,21,23)/t13-,15-,16?/m0/s1. The maximum atomic E-state index is 12.9. The van der Waals surface area contributed by atoms with Crippen molar-refractivity contribution in [2.75, 3.05) is 41.5 Å². The van der Waals surface area contributed by atoms with Crippen molar-refractivity contribution in [3.8, 4) is 17.2 Å². The van der Waals surface area contributed by atoms with Crippen LogP contribution in [-0.4, -0.2) is 58.3 Å². The molecule has 1 aliphatic heterocycles. The van der Waals surface area contributed by atoms with Crippen LogP contribution in [0.3, 0.4) is 0 Å². The summed E-state index contributed by atoms with van der Waals surface area (Å²) < 4.78 is 16.1. The van der Waals surface area contributed by atoms with Crippen molar-refractivity contribution < 1.29 is 19.0 Å². The van der Waals surface area contributed by atoms with E-state index in [9.17, 15) is 4.79 Å². The molecular weight excluding hydrogens is 332 g/mol. The molecule has 0 spiro atoms. The highest BCUT2D eigenvalue weighted by Gasteiger charge is 2.37. The average Bonchev–Trinajstić information content (AvgIpc) is 2.66. The number of piperidine rings is 1. The molecule has 1 heterocycles. The van der Waals surface area contributed by atoms with Crippen LogP contribution in [0.15, 0.2) is 12.1 Å². The van der Waals surface area contributed by atoms with Crippen LogP contribution in [0.5, 0.6) is 17.2 Å². The van der Waals surface area contributed by atoms with E-state index < -0.39 is 0 Å². The molecule has 0 bridgehead atoms. The number of carbonyl (C=O) groups excluding carboxylic acids is 1. The predicted octanol–water partition coefficient (Wildman–Crippen LogP) is 2.56. The van der Waals surface area contributed by atoms with Gasteiger partial charge in [-0.3, -0.25) is 4.79 Å². The Kier molecular flexibility index (Phi) is 5.91. The topological polar surface area (TPSA) is 60.0 Å². The minimum Gasteiger partial charge on any atom is -0.493 e. The molecule has 1 aromatic rings. The molecule has 1 saturated carbocycles. The Hall–Kier alpha value is -1.95. The number of amides is 1. The monoisotopic (exact) mass is 362 g/mol. The second kappa shape index (κ2) is 8.16. The molecule has 1 amide bonds. The quantitative estimate of drug-likeness (QED) is 0.872. The summed E-state index contributed by atoms with van der Waals surface area (Å²) in [5.41, 5.74) is 0.537. The summed E-state index contributed by atoms with van der Waals surface area (Å²) in [7, 11) is 6.86. The summed E-state index contributed by atoms with van der Waals surface area (Å²) in [6.45, 7) is 2.25. The number of hydrogen-bond donors (Lipinski definition) is 1. The fourth-order valence-electron chi connectivity index (χ4n) is 4.52. The number of nitrogens with one attached hydrogen (secondary N) is 1. The van der Waals surface area contributed by atoms with Crippen LogP contribution in [0.1, 0.15) is 36.0 Å². The van der Waals surface area contributed by atoms with Crippen molar-refractivity contribution >= 4 is 5.91 Å². The average molecular weight is 362 g/mol. The predicted molar refractivity (Wildman–Crippen MR) is 100 cm³/mol. The van der Waals surface area contributed by atoms with Gasteiger partial charge in [-0.1, -0.05) is 6.42 Å². The normalized spacial score (nSPS) is 25.9. The Balaban J connectivity index is 1.77. The molecule has 6 nitrogen and oxygen atoms in total. The number of ether oxygens (including phenoxy) is 3. The van der Waals surface area contributed by atoms with Crippen molar-refractivity contribution in [2.24, 2.45) is 11.8 Å². The van der Waals surface area contributed by atoms with Gasteiger partial charge < -0.3 is 24.4 Å². The molecule has 26 heavy (non-hydrogen) atoms. The van der Waals surface area contributed by atoms with Gasteiger partial charge in [0.15, 0.2) is 11.5 Å². The van der Waals surface area contributed by atoms with E-state index in [1.54, 1.807) is 33.5 Å². The molecule has 0 radical (unpaired) electrons. The summed E-state index contributed by atoms with van der Waals surface area (Å²) in [4.78, 5) is 15.3. The highest BCUT2D eigenvalue weighted by atomic mass is 16.5. The minimum absolute atomic E-state index is 0.0752. The Bertz CT molecular complexity index is 624. The Morgan fingerprint density at radius 1 is 1.08 bits per heavy atom. The fraction of sp³-hybridized carbons (Fsp3) is 0.650. The second-order valence-corrected chi connectivity index (χ2v) is 7.40. The van der Waals surface area contributed by atoms with Crippen LogP contribution >= 0.6 is 0 Å². The number of nitrogens with zero attached hydrogens (tertiary/aromatic N) is 1. The van der Waals surface area contributed by atoms with E-state index in [1.165, 1.54) is 12.8 Å². The lowest BCUT2D eigenvalue weighted by molar-refractivity contribution is 0.0661. The van der Waals surface area contributed by atoms with Crippen LogP contribution in [0.2, 0.25) is 0 Å². The van der Waals surface area contributed by atoms with Gasteiger partial charge in [-0.05, 0) is 56.8 Å². The summed E-state index contributed by atoms with van der Waals surface area (Å²) in [5.74, 6) is 2.68. The zero-order valence-corrected chi connectivity index (χ0v) is 16.2. The van der Waals surface area contributed by atoms with E-state index in [1.807, 2.05) is 0 Å². The van der Waals surface area contributed by atoms with Gasteiger partial charge in [0.2, 0.25) is 5.75 Å². The van der Waals surface area contributed by atoms with Crippen molar-refractivity contribution in [2.45, 2.75) is 31.7 Å². The minimum atomic E-state index is -0.0752. The third-order valence-corrected chi connectivity index (χ3v) is 5.85. The van der Waals surface area contributed by atoms with E-state index >= 15 is 0 Å². The molecule has 2 aliphatic rings. The van der Waals surface area contributed by atoms with Crippen molar-refractivity contribution in [1.82, 2.24) is 10.2 Å². The Morgan fingerprint density at radius 2 is 1.77 bits per heavy atom. The number of likely N-dealkylation sites (tertiary alicyclic amines) is 1. The second-order valence-electron chi connectivity index (χ2n) is 7.40. The molecular formula is C20H30N2O4. The molecule has 1 aromatic carbocycles. The van der Waals surface area contributed by atoms with Gasteiger partial charge in [-0.2, -0.15) is 0 Å². The van der Waals surface area contributed by atoms with E-state index in [4.69, 9.17) is 14.2 Å². The summed E-state index contributed by atoms with van der Waals surface area (Å²) in [5, 5.41) is 3.28. The summed E-state index contributed by atoms with van der Waals surface area (Å²) >= 11 is 0. The van der Waals surface area contributed by atoms with Gasteiger partial charge in [-0.15, -0.1) is 0 Å². The molecule has 1 unspecified atom stereocenters. The lowest BCUT2D eigenvalue weighted by Gasteiger charge is -2.44. The van der Waals surface area contributed by atoms with Crippen LogP contribution in [0, 0.1) is 11.8 Å². The first-order valence-corrected chi connectivity index (χ1v) is 9.36. The maximum Gasteiger partial charge on any atom is 0.251 e. The third-order valence-electron chi connectivity index (χ3n) is 5.85.